The monoisotopic (exact) mass is 1040 g/mol. The molecule has 2 aliphatic heterocycles. The predicted molar refractivity (Wildman–Crippen MR) is 240 cm³/mol. The second-order valence-corrected chi connectivity index (χ2v) is 19.3. The fourth-order valence-corrected chi connectivity index (χ4v) is 8.46. The van der Waals surface area contributed by atoms with Crippen LogP contribution in [-0.2, 0) is 57.8 Å². The van der Waals surface area contributed by atoms with Crippen molar-refractivity contribution in [2.45, 2.75) is 108 Å². The minimum absolute atomic E-state index is 0.0289. The first-order valence-electron chi connectivity index (χ1n) is 21.4. The molecule has 9 atom stereocenters. The number of nitrogen functional groups attached to an aromatic ring is 2. The molecule has 0 radical (unpaired) electrons. The van der Waals surface area contributed by atoms with Gasteiger partial charge < -0.3 is 65.6 Å². The highest BCUT2D eigenvalue weighted by Crippen LogP contribution is 2.50. The van der Waals surface area contributed by atoms with Gasteiger partial charge in [0, 0.05) is 29.8 Å². The molecule has 5 unspecified atom stereocenters. The van der Waals surface area contributed by atoms with Crippen LogP contribution in [0, 0.1) is 0 Å². The number of imidazole rings is 1. The van der Waals surface area contributed by atoms with Crippen molar-refractivity contribution in [3.8, 4) is 0 Å². The Hall–Kier alpha value is -6.33. The zero-order valence-corrected chi connectivity index (χ0v) is 39.8. The number of nitrogens with zero attached hydrogens (tertiary/aromatic N) is 9. The summed E-state index contributed by atoms with van der Waals surface area (Å²) in [7, 11) is -10.4. The molecule has 33 heteroatoms. The fraction of sp³-hybridized carbons (Fsp3) is 0.526. The Morgan fingerprint density at radius 3 is 2.48 bits per heavy atom. The van der Waals surface area contributed by atoms with Crippen LogP contribution in [0.25, 0.3) is 21.6 Å². The highest BCUT2D eigenvalue weighted by molar-refractivity contribution is 7.47. The molecular weight excluding hydrogens is 988 g/mol. The van der Waals surface area contributed by atoms with Crippen molar-refractivity contribution in [2.75, 3.05) is 31.2 Å². The number of amides is 2. The van der Waals surface area contributed by atoms with E-state index in [1.807, 2.05) is 0 Å². The number of fused-ring (bicyclic) bond motifs is 1. The minimum atomic E-state index is -5.29. The number of aromatic nitrogens is 6. The van der Waals surface area contributed by atoms with Crippen molar-refractivity contribution in [3.05, 3.63) is 75.7 Å². The van der Waals surface area contributed by atoms with Gasteiger partial charge in [0.15, 0.2) is 23.8 Å². The standard InChI is InChI=1S/C38H51N13O18P2/c1-38(2,3)68-37(56)46-22(10-6-7-12-42-36(55)62-15-20-8-4-5-9-21(20)48-49-41)34(53)67-30-25(66-33(29(30)52)51-19-45-28-31(40)43-18-44-32(28)51)17-64-71(60,61)69-23-14-27(50-13-11-26(39)47-35(50)54)65-24(23)16-63-70(57,58)59/h4-5,8-9,11,13,18-19,22-25,27,29-30,33,52H,6-7,10,12,14-17H2,1-3H3,(H,42,55)(H,46,56)(H,60,61)(H2,39,47,54)(H2,40,43,44)(H2,57,58,59)/t22-,23-,24+,25?,27+,29?,30?,33?/m0/s1. The number of nitrogens with two attached hydrogens (primary N) is 2. The minimum Gasteiger partial charge on any atom is -0.455 e. The molecule has 2 fully saturated rings. The van der Waals surface area contributed by atoms with Crippen LogP contribution < -0.4 is 27.8 Å². The van der Waals surface area contributed by atoms with E-state index in [0.29, 0.717) is 5.56 Å². The number of ether oxygens (including phenoxy) is 5. The zero-order valence-electron chi connectivity index (χ0n) is 38.0. The maximum Gasteiger partial charge on any atom is 0.472 e. The Balaban J connectivity index is 1.16. The van der Waals surface area contributed by atoms with E-state index in [0.717, 1.165) is 10.9 Å². The first kappa shape index (κ1) is 54.0. The van der Waals surface area contributed by atoms with E-state index in [2.05, 4.69) is 45.1 Å². The van der Waals surface area contributed by atoms with Gasteiger partial charge in [-0.15, -0.1) is 0 Å². The lowest BCUT2D eigenvalue weighted by Crippen LogP contribution is -2.47. The number of carbonyl (C=O) groups excluding carboxylic acids is 3. The number of hydrogen-bond donors (Lipinski definition) is 8. The van der Waals surface area contributed by atoms with Crippen molar-refractivity contribution < 1.29 is 80.6 Å². The molecule has 0 saturated carbocycles. The van der Waals surface area contributed by atoms with Crippen LogP contribution in [0.5, 0.6) is 0 Å². The summed E-state index contributed by atoms with van der Waals surface area (Å²) in [6.07, 6.45) is -9.24. The number of hydrogen-bond acceptors (Lipinski definition) is 22. The van der Waals surface area contributed by atoms with Crippen molar-refractivity contribution in [1.82, 2.24) is 39.7 Å². The third kappa shape index (κ3) is 15.1. The lowest BCUT2D eigenvalue weighted by atomic mass is 10.1. The molecule has 31 nitrogen and oxygen atoms in total. The summed E-state index contributed by atoms with van der Waals surface area (Å²) in [6, 6.07) is 6.30. The first-order chi connectivity index (χ1) is 33.5. The number of aliphatic hydroxyl groups excluding tert-OH is 1. The van der Waals surface area contributed by atoms with Crippen LogP contribution >= 0.6 is 15.6 Å². The number of rotatable bonds is 21. The molecule has 0 spiro atoms. The van der Waals surface area contributed by atoms with E-state index in [-0.39, 0.29) is 67.3 Å². The highest BCUT2D eigenvalue weighted by Gasteiger charge is 2.50. The maximum atomic E-state index is 14.1. The van der Waals surface area contributed by atoms with Gasteiger partial charge in [-0.1, -0.05) is 29.4 Å². The maximum absolute atomic E-state index is 14.1. The van der Waals surface area contributed by atoms with Crippen molar-refractivity contribution >= 4 is 62.3 Å². The molecule has 0 bridgehead atoms. The van der Waals surface area contributed by atoms with E-state index in [9.17, 15) is 48.1 Å². The van der Waals surface area contributed by atoms with E-state index in [4.69, 9.17) is 49.7 Å². The average molecular weight is 1040 g/mol. The predicted octanol–water partition coefficient (Wildman–Crippen LogP) is 2.25. The van der Waals surface area contributed by atoms with Gasteiger partial charge >= 0.3 is 39.5 Å². The van der Waals surface area contributed by atoms with E-state index >= 15 is 0 Å². The van der Waals surface area contributed by atoms with Gasteiger partial charge in [-0.2, -0.15) is 4.98 Å². The second-order valence-electron chi connectivity index (χ2n) is 16.7. The molecule has 2 aliphatic rings. The summed E-state index contributed by atoms with van der Waals surface area (Å²) in [4.78, 5) is 100. The highest BCUT2D eigenvalue weighted by atomic mass is 31.2. The normalized spacial score (nSPS) is 22.5. The number of azide groups is 1. The van der Waals surface area contributed by atoms with Gasteiger partial charge in [-0.3, -0.25) is 22.7 Å². The molecular formula is C38H51N13O18P2. The lowest BCUT2D eigenvalue weighted by Gasteiger charge is -2.26. The summed E-state index contributed by atoms with van der Waals surface area (Å²) in [5.74, 6) is -1.28. The lowest BCUT2D eigenvalue weighted by molar-refractivity contribution is -0.159. The van der Waals surface area contributed by atoms with Crippen LogP contribution in [-0.4, -0.2) is 129 Å². The molecule has 71 heavy (non-hydrogen) atoms. The molecule has 5 heterocycles. The number of benzene rings is 1. The van der Waals surface area contributed by atoms with Crippen LogP contribution in [0.1, 0.15) is 64.5 Å². The Bertz CT molecular complexity index is 2750. The average Bonchev–Trinajstić information content (AvgIpc) is 3.98. The van der Waals surface area contributed by atoms with Gasteiger partial charge in [0.25, 0.3) is 0 Å². The van der Waals surface area contributed by atoms with Crippen molar-refractivity contribution in [2.24, 2.45) is 5.11 Å². The smallest absolute Gasteiger partial charge is 0.455 e. The molecule has 0 aliphatic carbocycles. The number of unbranched alkanes of at least 4 members (excludes halogenated alkanes) is 1. The molecule has 10 N–H and O–H groups in total. The van der Waals surface area contributed by atoms with E-state index < -0.39 is 107 Å². The zero-order chi connectivity index (χ0) is 51.7. The summed E-state index contributed by atoms with van der Waals surface area (Å²) in [6.45, 7) is 2.80. The third-order valence-electron chi connectivity index (χ3n) is 10.3. The van der Waals surface area contributed by atoms with Gasteiger partial charge in [-0.05, 0) is 57.2 Å². The SMILES string of the molecule is CC(C)(C)OC(=O)N[C@@H](CCCCNC(=O)OCc1ccccc1N=[N+]=[N-])C(=O)OC1C(COP(=O)(O)O[C@H]2C[C@H](n3ccc(N)nc3=O)O[C@@H]2COP(=O)(O)O)OC(n2cnc3c(N)ncnc32)C1O. The number of phosphoric ester groups is 2. The number of aliphatic hydroxyl groups is 1. The van der Waals surface area contributed by atoms with Crippen LogP contribution in [0.15, 0.2) is 59.1 Å². The number of carbonyl (C=O) groups is 3. The Kier molecular flexibility index (Phi) is 17.7. The second kappa shape index (κ2) is 23.3. The molecule has 3 aromatic heterocycles. The van der Waals surface area contributed by atoms with Gasteiger partial charge in [-0.25, -0.2) is 43.3 Å². The topological polar surface area (TPSA) is 443 Å². The van der Waals surface area contributed by atoms with Crippen LogP contribution in [0.4, 0.5) is 26.9 Å². The van der Waals surface area contributed by atoms with Crippen LogP contribution in [0.3, 0.4) is 0 Å². The van der Waals surface area contributed by atoms with E-state index in [1.54, 1.807) is 45.0 Å². The Morgan fingerprint density at radius 1 is 1.01 bits per heavy atom. The largest absolute Gasteiger partial charge is 0.472 e. The Morgan fingerprint density at radius 2 is 1.76 bits per heavy atom. The molecule has 4 aromatic rings. The van der Waals surface area contributed by atoms with Crippen molar-refractivity contribution in [3.63, 3.8) is 0 Å². The summed E-state index contributed by atoms with van der Waals surface area (Å²) < 4.78 is 70.9. The van der Waals surface area contributed by atoms with Gasteiger partial charge in [0.2, 0.25) is 0 Å². The number of esters is 1. The van der Waals surface area contributed by atoms with E-state index in [1.165, 1.54) is 23.2 Å². The first-order valence-corrected chi connectivity index (χ1v) is 24.4. The van der Waals surface area contributed by atoms with Crippen LogP contribution in [0.2, 0.25) is 0 Å². The summed E-state index contributed by atoms with van der Waals surface area (Å²) >= 11 is 0. The molecule has 6 rings (SSSR count). The Labute approximate surface area is 401 Å². The van der Waals surface area contributed by atoms with Crippen molar-refractivity contribution in [1.29, 1.82) is 0 Å². The molecule has 1 aromatic carbocycles. The summed E-state index contributed by atoms with van der Waals surface area (Å²) in [5, 5.41) is 20.4. The molecule has 2 saturated heterocycles. The summed E-state index contributed by atoms with van der Waals surface area (Å²) in [5.41, 5.74) is 19.4. The number of alkyl carbamates (subject to hydrolysis) is 2. The molecule has 2 amide bonds. The fourth-order valence-electron chi connectivity index (χ4n) is 7.15. The number of phosphoric acid groups is 2. The quantitative estimate of drug-likeness (QED) is 0.0113. The number of anilines is 2. The van der Waals surface area contributed by atoms with Gasteiger partial charge in [0.05, 0.1) is 19.5 Å². The number of nitrogens with one attached hydrogen (secondary N) is 2. The molecule has 386 valence electrons. The van der Waals surface area contributed by atoms with Gasteiger partial charge in [0.1, 0.15) is 66.6 Å². The third-order valence-corrected chi connectivity index (χ3v) is 11.8.